The van der Waals surface area contributed by atoms with Crippen LogP contribution in [-0.2, 0) is 9.63 Å². The molecule has 16 heavy (non-hydrogen) atoms. The van der Waals surface area contributed by atoms with E-state index in [2.05, 4.69) is 13.8 Å². The second-order valence-corrected chi connectivity index (χ2v) is 5.37. The van der Waals surface area contributed by atoms with E-state index >= 15 is 0 Å². The van der Waals surface area contributed by atoms with Crippen molar-refractivity contribution in [2.24, 2.45) is 17.8 Å². The van der Waals surface area contributed by atoms with Crippen molar-refractivity contribution >= 4 is 5.91 Å². The molecule has 1 amide bonds. The Hall–Kier alpha value is -0.570. The highest BCUT2D eigenvalue weighted by Gasteiger charge is 2.28. The van der Waals surface area contributed by atoms with Gasteiger partial charge in [-0.3, -0.25) is 9.63 Å². The lowest BCUT2D eigenvalue weighted by Crippen LogP contribution is -2.34. The van der Waals surface area contributed by atoms with Gasteiger partial charge in [0.25, 0.3) is 0 Å². The van der Waals surface area contributed by atoms with E-state index < -0.39 is 0 Å². The summed E-state index contributed by atoms with van der Waals surface area (Å²) < 4.78 is 0. The normalized spacial score (nSPS) is 25.8. The van der Waals surface area contributed by atoms with Gasteiger partial charge in [-0.2, -0.15) is 0 Å². The van der Waals surface area contributed by atoms with Crippen LogP contribution in [0.5, 0.6) is 0 Å². The van der Waals surface area contributed by atoms with Crippen LogP contribution in [0.15, 0.2) is 0 Å². The number of carbonyl (C=O) groups excluding carboxylic acids is 1. The summed E-state index contributed by atoms with van der Waals surface area (Å²) in [5.74, 6) is 1.94. The Morgan fingerprint density at radius 3 is 2.31 bits per heavy atom. The maximum absolute atomic E-state index is 11.9. The van der Waals surface area contributed by atoms with Crippen LogP contribution in [-0.4, -0.2) is 25.1 Å². The minimum Gasteiger partial charge on any atom is -0.275 e. The van der Waals surface area contributed by atoms with Gasteiger partial charge < -0.3 is 0 Å². The Morgan fingerprint density at radius 2 is 1.88 bits per heavy atom. The van der Waals surface area contributed by atoms with Crippen LogP contribution in [0.4, 0.5) is 0 Å². The van der Waals surface area contributed by atoms with Gasteiger partial charge >= 0.3 is 0 Å². The molecule has 0 aromatic heterocycles. The highest BCUT2D eigenvalue weighted by molar-refractivity contribution is 5.77. The molecule has 0 radical (unpaired) electrons. The molecule has 1 fully saturated rings. The number of amides is 1. The summed E-state index contributed by atoms with van der Waals surface area (Å²) in [6, 6.07) is 0. The van der Waals surface area contributed by atoms with Gasteiger partial charge in [-0.05, 0) is 43.9 Å². The number of hydroxylamine groups is 2. The minimum absolute atomic E-state index is 0.144. The minimum atomic E-state index is 0.144. The van der Waals surface area contributed by atoms with Crippen LogP contribution in [0.3, 0.4) is 0 Å². The lowest BCUT2D eigenvalue weighted by atomic mass is 9.78. The molecular weight excluding hydrogens is 202 g/mol. The van der Waals surface area contributed by atoms with Gasteiger partial charge in [-0.1, -0.05) is 13.8 Å². The third-order valence-electron chi connectivity index (χ3n) is 3.58. The van der Waals surface area contributed by atoms with E-state index in [-0.39, 0.29) is 11.8 Å². The van der Waals surface area contributed by atoms with Gasteiger partial charge in [0.2, 0.25) is 5.91 Å². The van der Waals surface area contributed by atoms with Crippen LogP contribution in [0.25, 0.3) is 0 Å². The molecule has 0 unspecified atom stereocenters. The van der Waals surface area contributed by atoms with Crippen molar-refractivity contribution in [1.29, 1.82) is 0 Å². The zero-order valence-electron chi connectivity index (χ0n) is 11.0. The van der Waals surface area contributed by atoms with E-state index in [0.29, 0.717) is 0 Å². The standard InChI is InChI=1S/C13H25NO2/c1-10(2)9-11-5-7-12(8-6-11)13(15)14(3)16-4/h10-12H,5-9H2,1-4H3/t11-,12-. The summed E-state index contributed by atoms with van der Waals surface area (Å²) in [7, 11) is 3.24. The largest absolute Gasteiger partial charge is 0.275 e. The average molecular weight is 227 g/mol. The second-order valence-electron chi connectivity index (χ2n) is 5.37. The molecule has 1 saturated carbocycles. The summed E-state index contributed by atoms with van der Waals surface area (Å²) >= 11 is 0. The fourth-order valence-electron chi connectivity index (χ4n) is 2.66. The first-order chi connectivity index (χ1) is 7.54. The third-order valence-corrected chi connectivity index (χ3v) is 3.58. The number of rotatable bonds is 4. The van der Waals surface area contributed by atoms with E-state index in [4.69, 9.17) is 4.84 Å². The Kier molecular flexibility index (Phi) is 5.26. The molecule has 0 atom stereocenters. The van der Waals surface area contributed by atoms with Gasteiger partial charge in [0.05, 0.1) is 7.11 Å². The molecule has 1 aliphatic rings. The highest BCUT2D eigenvalue weighted by Crippen LogP contribution is 2.33. The van der Waals surface area contributed by atoms with Crippen LogP contribution in [0.1, 0.15) is 46.0 Å². The van der Waals surface area contributed by atoms with Gasteiger partial charge in [-0.25, -0.2) is 5.06 Å². The Balaban J connectivity index is 2.34. The van der Waals surface area contributed by atoms with Crippen molar-refractivity contribution in [3.05, 3.63) is 0 Å². The second kappa shape index (κ2) is 6.24. The highest BCUT2D eigenvalue weighted by atomic mass is 16.7. The lowest BCUT2D eigenvalue weighted by Gasteiger charge is -2.30. The number of hydrogen-bond donors (Lipinski definition) is 0. The smallest absolute Gasteiger partial charge is 0.248 e. The average Bonchev–Trinajstić information content (AvgIpc) is 2.27. The predicted octanol–water partition coefficient (Wildman–Crippen LogP) is 2.86. The summed E-state index contributed by atoms with van der Waals surface area (Å²) in [5.41, 5.74) is 0. The summed E-state index contributed by atoms with van der Waals surface area (Å²) in [4.78, 5) is 16.8. The van der Waals surface area contributed by atoms with E-state index in [1.165, 1.54) is 24.3 Å². The molecular formula is C13H25NO2. The molecule has 0 aliphatic heterocycles. The molecule has 94 valence electrons. The molecule has 0 bridgehead atoms. The van der Waals surface area contributed by atoms with E-state index in [1.807, 2.05) is 0 Å². The molecule has 1 aliphatic carbocycles. The quantitative estimate of drug-likeness (QED) is 0.691. The Morgan fingerprint density at radius 1 is 1.31 bits per heavy atom. The first kappa shape index (κ1) is 13.5. The van der Waals surface area contributed by atoms with E-state index in [9.17, 15) is 4.79 Å². The molecule has 3 heteroatoms. The molecule has 0 aromatic carbocycles. The molecule has 3 nitrogen and oxygen atoms in total. The number of hydrogen-bond acceptors (Lipinski definition) is 2. The summed E-state index contributed by atoms with van der Waals surface area (Å²) in [6.07, 6.45) is 5.77. The molecule has 1 rings (SSSR count). The van der Waals surface area contributed by atoms with Crippen LogP contribution < -0.4 is 0 Å². The van der Waals surface area contributed by atoms with Gasteiger partial charge in [0.1, 0.15) is 0 Å². The fourth-order valence-corrected chi connectivity index (χ4v) is 2.66. The van der Waals surface area contributed by atoms with Gasteiger partial charge in [0, 0.05) is 13.0 Å². The molecule has 0 saturated heterocycles. The summed E-state index contributed by atoms with van der Waals surface area (Å²) in [6.45, 7) is 4.55. The number of nitrogens with zero attached hydrogens (tertiary/aromatic N) is 1. The van der Waals surface area contributed by atoms with Crippen molar-refractivity contribution in [3.63, 3.8) is 0 Å². The monoisotopic (exact) mass is 227 g/mol. The Bertz CT molecular complexity index is 220. The zero-order valence-corrected chi connectivity index (χ0v) is 11.0. The molecule has 0 aromatic rings. The van der Waals surface area contributed by atoms with Crippen molar-refractivity contribution in [2.45, 2.75) is 46.0 Å². The molecule has 0 N–H and O–H groups in total. The first-order valence-corrected chi connectivity index (χ1v) is 6.36. The lowest BCUT2D eigenvalue weighted by molar-refractivity contribution is -0.174. The maximum atomic E-state index is 11.9. The zero-order chi connectivity index (χ0) is 12.1. The van der Waals surface area contributed by atoms with Crippen molar-refractivity contribution in [2.75, 3.05) is 14.2 Å². The van der Waals surface area contributed by atoms with Crippen molar-refractivity contribution < 1.29 is 9.63 Å². The van der Waals surface area contributed by atoms with Crippen LogP contribution >= 0.6 is 0 Å². The third kappa shape index (κ3) is 3.78. The van der Waals surface area contributed by atoms with Gasteiger partial charge in [-0.15, -0.1) is 0 Å². The van der Waals surface area contributed by atoms with E-state index in [0.717, 1.165) is 24.7 Å². The SMILES string of the molecule is CON(C)C(=O)[C@H]1CC[C@H](CC(C)C)CC1. The number of carbonyl (C=O) groups is 1. The first-order valence-electron chi connectivity index (χ1n) is 6.36. The summed E-state index contributed by atoms with van der Waals surface area (Å²) in [5, 5.41) is 1.37. The van der Waals surface area contributed by atoms with E-state index in [1.54, 1.807) is 14.2 Å². The topological polar surface area (TPSA) is 29.5 Å². The van der Waals surface area contributed by atoms with Crippen LogP contribution in [0, 0.1) is 17.8 Å². The van der Waals surface area contributed by atoms with Gasteiger partial charge in [0.15, 0.2) is 0 Å². The van der Waals surface area contributed by atoms with Crippen molar-refractivity contribution in [1.82, 2.24) is 5.06 Å². The maximum Gasteiger partial charge on any atom is 0.248 e. The van der Waals surface area contributed by atoms with Crippen LogP contribution in [0.2, 0.25) is 0 Å². The Labute approximate surface area is 99.1 Å². The molecule has 0 heterocycles. The predicted molar refractivity (Wildman–Crippen MR) is 64.7 cm³/mol. The van der Waals surface area contributed by atoms with Crippen molar-refractivity contribution in [3.8, 4) is 0 Å². The fraction of sp³-hybridized carbons (Fsp3) is 0.923. The molecule has 0 spiro atoms.